The van der Waals surface area contributed by atoms with Crippen molar-refractivity contribution in [1.82, 2.24) is 9.55 Å². The molecule has 10 nitrogen and oxygen atoms in total. The van der Waals surface area contributed by atoms with Crippen LogP contribution in [0.1, 0.15) is 18.7 Å². The van der Waals surface area contributed by atoms with Gasteiger partial charge in [0.1, 0.15) is 18.3 Å². The molecular weight excluding hydrogens is 522 g/mol. The Bertz CT molecular complexity index is 1210. The predicted octanol–water partition coefficient (Wildman–Crippen LogP) is 3.05. The first kappa shape index (κ1) is 25.2. The molecule has 7 atom stereocenters. The van der Waals surface area contributed by atoms with Gasteiger partial charge in [-0.25, -0.2) is 13.8 Å². The number of alkyl halides is 1. The van der Waals surface area contributed by atoms with E-state index in [1.165, 1.54) is 6.92 Å². The maximum atomic E-state index is 15.9. The third-order valence-corrected chi connectivity index (χ3v) is 9.85. The van der Waals surface area contributed by atoms with Crippen LogP contribution < -0.4 is 11.2 Å². The molecule has 2 aromatic rings. The highest BCUT2D eigenvalue weighted by molar-refractivity contribution is 8.76. The zero-order chi connectivity index (χ0) is 24.6. The van der Waals surface area contributed by atoms with Gasteiger partial charge in [0, 0.05) is 23.8 Å². The molecule has 3 aliphatic heterocycles. The Morgan fingerprint density at radius 3 is 2.69 bits per heavy atom. The molecule has 1 N–H and O–H groups in total. The number of nitrogens with zero attached hydrogens (tertiary/aromatic N) is 1. The zero-order valence-corrected chi connectivity index (χ0v) is 21.1. The van der Waals surface area contributed by atoms with Crippen LogP contribution in [0.4, 0.5) is 4.39 Å². The van der Waals surface area contributed by atoms with Crippen LogP contribution in [-0.4, -0.2) is 57.7 Å². The van der Waals surface area contributed by atoms with Crippen LogP contribution in [0.15, 0.2) is 52.2 Å². The topological polar surface area (TPSA) is 118 Å². The molecule has 0 spiro atoms. The summed E-state index contributed by atoms with van der Waals surface area (Å²) in [6.07, 6.45) is -3.50. The second-order valence-corrected chi connectivity index (χ2v) is 12.6. The van der Waals surface area contributed by atoms with Gasteiger partial charge in [0.05, 0.1) is 19.3 Å². The van der Waals surface area contributed by atoms with Crippen LogP contribution in [-0.2, 0) is 34.2 Å². The van der Waals surface area contributed by atoms with Crippen LogP contribution in [0, 0.1) is 0 Å². The van der Waals surface area contributed by atoms with Gasteiger partial charge in [-0.3, -0.25) is 27.9 Å². The fourth-order valence-corrected chi connectivity index (χ4v) is 8.35. The number of ether oxygens (including phenoxy) is 2. The van der Waals surface area contributed by atoms with Crippen molar-refractivity contribution in [2.75, 3.05) is 18.1 Å². The number of aromatic nitrogens is 2. The number of fused-ring (bicyclic) bond motifs is 1. The van der Waals surface area contributed by atoms with Gasteiger partial charge in [-0.2, -0.15) is 0 Å². The van der Waals surface area contributed by atoms with Gasteiger partial charge in [0.2, 0.25) is 0 Å². The smallest absolute Gasteiger partial charge is 0.370 e. The lowest BCUT2D eigenvalue weighted by Gasteiger charge is -2.37. The van der Waals surface area contributed by atoms with E-state index in [9.17, 15) is 14.2 Å². The lowest BCUT2D eigenvalue weighted by Crippen LogP contribution is -2.47. The third kappa shape index (κ3) is 5.33. The first-order valence-electron chi connectivity index (χ1n) is 10.9. The quantitative estimate of drug-likeness (QED) is 0.428. The summed E-state index contributed by atoms with van der Waals surface area (Å²) >= 11 is 0. The van der Waals surface area contributed by atoms with Crippen molar-refractivity contribution in [1.29, 1.82) is 0 Å². The zero-order valence-electron chi connectivity index (χ0n) is 18.6. The standard InChI is InChI=1S/C21H24FN2O8PS2/c1-21(22)18-14(30-19(21)24-8-7-17(25)23-20(24)26)10-29-33(27,32-18)31-16-12-35-34-11-15(16)28-9-13-5-3-2-4-6-13/h2-8,14-16,18-19H,9-12H2,1H3,(H,23,25,26)/t14-,15+,16+,18-,19?,21-,33?/m1/s1. The van der Waals surface area contributed by atoms with E-state index in [1.54, 1.807) is 21.6 Å². The molecule has 3 fully saturated rings. The number of phosphoric acid groups is 1. The van der Waals surface area contributed by atoms with E-state index in [1.807, 2.05) is 30.3 Å². The average Bonchev–Trinajstić information content (AvgIpc) is 3.08. The van der Waals surface area contributed by atoms with Gasteiger partial charge in [-0.1, -0.05) is 51.9 Å². The number of rotatable bonds is 6. The molecular formula is C21H24FN2O8PS2. The van der Waals surface area contributed by atoms with Crippen LogP contribution in [0.5, 0.6) is 0 Å². The number of aromatic amines is 1. The molecule has 14 heteroatoms. The molecule has 4 heterocycles. The molecule has 190 valence electrons. The minimum absolute atomic E-state index is 0.250. The Labute approximate surface area is 207 Å². The van der Waals surface area contributed by atoms with Crippen LogP contribution in [0.25, 0.3) is 0 Å². The van der Waals surface area contributed by atoms with E-state index >= 15 is 4.39 Å². The van der Waals surface area contributed by atoms with Crippen molar-refractivity contribution in [2.45, 2.75) is 49.8 Å². The van der Waals surface area contributed by atoms with E-state index in [2.05, 4.69) is 4.98 Å². The van der Waals surface area contributed by atoms with E-state index in [0.29, 0.717) is 18.1 Å². The van der Waals surface area contributed by atoms with E-state index in [0.717, 1.165) is 22.4 Å². The molecule has 3 saturated heterocycles. The number of hydrogen-bond acceptors (Lipinski definition) is 10. The van der Waals surface area contributed by atoms with Gasteiger partial charge in [-0.05, 0) is 12.5 Å². The lowest BCUT2D eigenvalue weighted by molar-refractivity contribution is -0.0864. The maximum Gasteiger partial charge on any atom is 0.475 e. The highest BCUT2D eigenvalue weighted by Gasteiger charge is 2.62. The number of nitrogens with one attached hydrogen (secondary N) is 1. The molecule has 0 amide bonds. The van der Waals surface area contributed by atoms with Crippen molar-refractivity contribution in [3.05, 3.63) is 69.0 Å². The second-order valence-electron chi connectivity index (χ2n) is 8.51. The van der Waals surface area contributed by atoms with Crippen molar-refractivity contribution in [3.8, 4) is 0 Å². The van der Waals surface area contributed by atoms with E-state index in [4.69, 9.17) is 23.0 Å². The summed E-state index contributed by atoms with van der Waals surface area (Å²) in [7, 11) is -1.00. The SMILES string of the molecule is C[C@]1(F)C(n2ccc(=O)[nH]c2=O)O[C@@H]2COP(=O)(O[C@H]3CSSC[C@@H]3OCc3ccccc3)O[C@H]21. The minimum atomic E-state index is -4.17. The first-order chi connectivity index (χ1) is 16.7. The van der Waals surface area contributed by atoms with Gasteiger partial charge < -0.3 is 9.47 Å². The van der Waals surface area contributed by atoms with Crippen LogP contribution >= 0.6 is 29.4 Å². The molecule has 0 saturated carbocycles. The number of H-pyrrole nitrogens is 1. The molecule has 2 unspecified atom stereocenters. The Morgan fingerprint density at radius 1 is 1.20 bits per heavy atom. The molecule has 1 aromatic carbocycles. The van der Waals surface area contributed by atoms with Crippen LogP contribution in [0.2, 0.25) is 0 Å². The Hall–Kier alpha value is -1.44. The van der Waals surface area contributed by atoms with Crippen molar-refractivity contribution in [3.63, 3.8) is 0 Å². The monoisotopic (exact) mass is 546 g/mol. The first-order valence-corrected chi connectivity index (χ1v) is 14.9. The summed E-state index contributed by atoms with van der Waals surface area (Å²) in [4.78, 5) is 25.7. The van der Waals surface area contributed by atoms with Gasteiger partial charge in [0.25, 0.3) is 5.56 Å². The Balaban J connectivity index is 1.29. The fraction of sp³-hybridized carbons (Fsp3) is 0.524. The van der Waals surface area contributed by atoms with Crippen molar-refractivity contribution >= 4 is 29.4 Å². The molecule has 0 aliphatic carbocycles. The Kier molecular flexibility index (Phi) is 7.30. The average molecular weight is 547 g/mol. The highest BCUT2D eigenvalue weighted by atomic mass is 33.1. The summed E-state index contributed by atoms with van der Waals surface area (Å²) in [5, 5.41) is 0. The second kappa shape index (κ2) is 10.1. The summed E-state index contributed by atoms with van der Waals surface area (Å²) in [6, 6.07) is 10.7. The molecule has 0 bridgehead atoms. The summed E-state index contributed by atoms with van der Waals surface area (Å²) < 4.78 is 58.8. The molecule has 5 rings (SSSR count). The van der Waals surface area contributed by atoms with Gasteiger partial charge in [-0.15, -0.1) is 0 Å². The van der Waals surface area contributed by atoms with E-state index < -0.39 is 49.3 Å². The maximum absolute atomic E-state index is 15.9. The minimum Gasteiger partial charge on any atom is -0.370 e. The van der Waals surface area contributed by atoms with Crippen molar-refractivity contribution < 1.29 is 32.0 Å². The summed E-state index contributed by atoms with van der Waals surface area (Å²) in [6.45, 7) is 1.30. The summed E-state index contributed by atoms with van der Waals surface area (Å²) in [5.74, 6) is 1.09. The Morgan fingerprint density at radius 2 is 1.94 bits per heavy atom. The molecule has 0 radical (unpaired) electrons. The fourth-order valence-electron chi connectivity index (χ4n) is 4.15. The molecule has 1 aromatic heterocycles. The number of halogens is 1. The van der Waals surface area contributed by atoms with Gasteiger partial charge >= 0.3 is 13.5 Å². The lowest BCUT2D eigenvalue weighted by atomic mass is 9.98. The van der Waals surface area contributed by atoms with E-state index in [-0.39, 0.29) is 12.7 Å². The number of benzene rings is 1. The van der Waals surface area contributed by atoms with Crippen molar-refractivity contribution in [2.24, 2.45) is 0 Å². The normalized spacial score (nSPS) is 37.1. The number of hydrogen-bond donors (Lipinski definition) is 1. The van der Waals surface area contributed by atoms with Crippen LogP contribution in [0.3, 0.4) is 0 Å². The predicted molar refractivity (Wildman–Crippen MR) is 128 cm³/mol. The largest absolute Gasteiger partial charge is 0.475 e. The number of phosphoric ester groups is 1. The third-order valence-electron chi connectivity index (χ3n) is 5.96. The molecule has 35 heavy (non-hydrogen) atoms. The molecule has 3 aliphatic rings. The summed E-state index contributed by atoms with van der Waals surface area (Å²) in [5.41, 5.74) is -2.72. The van der Waals surface area contributed by atoms with Gasteiger partial charge in [0.15, 0.2) is 11.9 Å². The highest BCUT2D eigenvalue weighted by Crippen LogP contribution is 2.60.